The summed E-state index contributed by atoms with van der Waals surface area (Å²) in [5.74, 6) is -1.53. The fourth-order valence-corrected chi connectivity index (χ4v) is 5.76. The van der Waals surface area contributed by atoms with Crippen molar-refractivity contribution in [3.63, 3.8) is 0 Å². The van der Waals surface area contributed by atoms with E-state index in [1.807, 2.05) is 30.3 Å². The van der Waals surface area contributed by atoms with Gasteiger partial charge in [-0.1, -0.05) is 41.9 Å². The summed E-state index contributed by atoms with van der Waals surface area (Å²) in [7, 11) is -4.81. The van der Waals surface area contributed by atoms with Gasteiger partial charge in [0.2, 0.25) is 0 Å². The molecule has 1 saturated heterocycles. The van der Waals surface area contributed by atoms with Crippen molar-refractivity contribution in [2.24, 2.45) is 0 Å². The van der Waals surface area contributed by atoms with Gasteiger partial charge < -0.3 is 9.84 Å². The van der Waals surface area contributed by atoms with Gasteiger partial charge in [0.15, 0.2) is 5.82 Å². The summed E-state index contributed by atoms with van der Waals surface area (Å²) in [4.78, 5) is 16.6. The third-order valence-electron chi connectivity index (χ3n) is 5.08. The number of rotatable bonds is 7. The van der Waals surface area contributed by atoms with Gasteiger partial charge in [0.25, 0.3) is 10.0 Å². The molecule has 174 valence electrons. The first-order valence-electron chi connectivity index (χ1n) is 9.84. The lowest BCUT2D eigenvalue weighted by Gasteiger charge is -2.20. The van der Waals surface area contributed by atoms with E-state index >= 15 is 0 Å². The topological polar surface area (TPSA) is 100 Å². The molecular weight excluding hydrogens is 493 g/mol. The van der Waals surface area contributed by atoms with E-state index in [0.717, 1.165) is 36.6 Å². The molecule has 33 heavy (non-hydrogen) atoms. The van der Waals surface area contributed by atoms with Crippen LogP contribution in [0.2, 0.25) is 5.02 Å². The van der Waals surface area contributed by atoms with Crippen LogP contribution >= 0.6 is 22.9 Å². The molecule has 1 fully saturated rings. The molecular formula is C21H19ClFN3O5S2. The summed E-state index contributed by atoms with van der Waals surface area (Å²) < 4.78 is 46.5. The van der Waals surface area contributed by atoms with E-state index in [9.17, 15) is 22.7 Å². The van der Waals surface area contributed by atoms with Crippen molar-refractivity contribution in [2.75, 3.05) is 17.4 Å². The third kappa shape index (κ3) is 5.11. The fourth-order valence-electron chi connectivity index (χ4n) is 3.59. The van der Waals surface area contributed by atoms with E-state index in [2.05, 4.69) is 9.88 Å². The van der Waals surface area contributed by atoms with Crippen molar-refractivity contribution in [3.8, 4) is 5.75 Å². The minimum Gasteiger partial charge on any atom is -0.487 e. The average molecular weight is 512 g/mol. The smallest absolute Gasteiger partial charge is 0.427 e. The van der Waals surface area contributed by atoms with Crippen molar-refractivity contribution in [3.05, 3.63) is 69.8 Å². The van der Waals surface area contributed by atoms with E-state index in [1.165, 1.54) is 16.5 Å². The molecule has 4 rings (SSSR count). The Labute approximate surface area is 198 Å². The molecule has 0 radical (unpaired) electrons. The molecule has 1 aromatic heterocycles. The Bertz CT molecular complexity index is 1240. The quantitative estimate of drug-likeness (QED) is 0.499. The highest BCUT2D eigenvalue weighted by Crippen LogP contribution is 2.34. The van der Waals surface area contributed by atoms with E-state index in [-0.39, 0.29) is 27.0 Å². The molecule has 1 amide bonds. The largest absolute Gasteiger partial charge is 0.487 e. The zero-order valence-electron chi connectivity index (χ0n) is 17.1. The van der Waals surface area contributed by atoms with Crippen molar-refractivity contribution < 1.29 is 27.4 Å². The molecule has 12 heteroatoms. The number of aromatic nitrogens is 1. The summed E-state index contributed by atoms with van der Waals surface area (Å²) in [6.45, 7) is 2.14. The van der Waals surface area contributed by atoms with Gasteiger partial charge in [0.05, 0.1) is 10.5 Å². The van der Waals surface area contributed by atoms with E-state index in [0.29, 0.717) is 13.0 Å². The number of carboxylic acid groups (broad SMARTS) is 1. The number of amides is 1. The van der Waals surface area contributed by atoms with Crippen molar-refractivity contribution in [2.45, 2.75) is 24.0 Å². The minimum absolute atomic E-state index is 0.00443. The number of benzene rings is 2. The van der Waals surface area contributed by atoms with Gasteiger partial charge in [-0.15, -0.1) is 15.6 Å². The van der Waals surface area contributed by atoms with Gasteiger partial charge in [-0.2, -0.15) is 0 Å². The maximum Gasteiger partial charge on any atom is 0.427 e. The number of carbonyl (C=O) groups is 1. The second-order valence-corrected chi connectivity index (χ2v) is 10.2. The molecule has 3 aromatic rings. The maximum atomic E-state index is 14.9. The van der Waals surface area contributed by atoms with Crippen molar-refractivity contribution in [1.29, 1.82) is 0 Å². The van der Waals surface area contributed by atoms with E-state index in [4.69, 9.17) is 16.3 Å². The monoisotopic (exact) mass is 511 g/mol. The number of hydrogen-bond acceptors (Lipinski definition) is 7. The Hall–Kier alpha value is -2.73. The molecule has 1 N–H and O–H groups in total. The number of sulfonamides is 1. The van der Waals surface area contributed by atoms with Gasteiger partial charge >= 0.3 is 6.09 Å². The summed E-state index contributed by atoms with van der Waals surface area (Å²) in [5, 5.41) is 10.5. The molecule has 2 aromatic carbocycles. The molecule has 1 aliphatic rings. The lowest BCUT2D eigenvalue weighted by molar-refractivity contribution is 0.197. The highest BCUT2D eigenvalue weighted by molar-refractivity contribution is 7.93. The highest BCUT2D eigenvalue weighted by atomic mass is 35.5. The second-order valence-electron chi connectivity index (χ2n) is 7.36. The Morgan fingerprint density at radius 2 is 2.09 bits per heavy atom. The summed E-state index contributed by atoms with van der Waals surface area (Å²) in [6, 6.07) is 11.7. The normalized spacial score (nSPS) is 16.6. The molecule has 2 heterocycles. The highest BCUT2D eigenvalue weighted by Gasteiger charge is 2.35. The third-order valence-corrected chi connectivity index (χ3v) is 7.64. The molecule has 1 atom stereocenters. The number of nitrogens with zero attached hydrogens (tertiary/aromatic N) is 3. The van der Waals surface area contributed by atoms with Crippen LogP contribution in [0.5, 0.6) is 5.75 Å². The number of likely N-dealkylation sites (tertiary alicyclic amines) is 1. The van der Waals surface area contributed by atoms with E-state index in [1.54, 1.807) is 0 Å². The summed E-state index contributed by atoms with van der Waals surface area (Å²) in [5.41, 5.74) is 2.43. The number of thiazole rings is 1. The first kappa shape index (κ1) is 23.4. The van der Waals surface area contributed by atoms with Crippen LogP contribution in [-0.4, -0.2) is 48.7 Å². The SMILES string of the molecule is O=C(O)N(c1cscn1)S(=O)(=O)c1cc(Cl)c(O[C@H]2CCN(Cc3ccccc3)C2)cc1F. The number of halogens is 2. The van der Waals surface area contributed by atoms with Crippen molar-refractivity contribution >= 4 is 44.9 Å². The van der Waals surface area contributed by atoms with Crippen LogP contribution in [0.1, 0.15) is 12.0 Å². The predicted molar refractivity (Wildman–Crippen MR) is 122 cm³/mol. The van der Waals surface area contributed by atoms with Crippen LogP contribution in [0.3, 0.4) is 0 Å². The van der Waals surface area contributed by atoms with Crippen molar-refractivity contribution in [1.82, 2.24) is 9.88 Å². The number of anilines is 1. The van der Waals surface area contributed by atoms with Gasteiger partial charge in [0.1, 0.15) is 22.6 Å². The molecule has 8 nitrogen and oxygen atoms in total. The Kier molecular flexibility index (Phi) is 6.84. The van der Waals surface area contributed by atoms with Crippen LogP contribution in [0, 0.1) is 5.82 Å². The molecule has 0 bridgehead atoms. The lowest BCUT2D eigenvalue weighted by Crippen LogP contribution is -2.36. The Morgan fingerprint density at radius 1 is 1.33 bits per heavy atom. The first-order chi connectivity index (χ1) is 15.8. The first-order valence-corrected chi connectivity index (χ1v) is 12.6. The molecule has 0 aliphatic carbocycles. The minimum atomic E-state index is -4.81. The standard InChI is InChI=1S/C21H19ClFN3O5S2/c22-16-8-19(33(29,30)26(21(27)28)20-12-32-13-24-20)17(23)9-18(16)31-15-6-7-25(11-15)10-14-4-2-1-3-5-14/h1-5,8-9,12-13,15H,6-7,10-11H2,(H,27,28)/t15-/m0/s1. The van der Waals surface area contributed by atoms with Crippen LogP contribution < -0.4 is 9.04 Å². The number of ether oxygens (including phenoxy) is 1. The van der Waals surface area contributed by atoms with Gasteiger partial charge in [0, 0.05) is 31.1 Å². The van der Waals surface area contributed by atoms with Crippen LogP contribution in [0.25, 0.3) is 0 Å². The maximum absolute atomic E-state index is 14.9. The zero-order valence-corrected chi connectivity index (χ0v) is 19.5. The lowest BCUT2D eigenvalue weighted by atomic mass is 10.2. The molecule has 1 aliphatic heterocycles. The fraction of sp³-hybridized carbons (Fsp3) is 0.238. The van der Waals surface area contributed by atoms with Gasteiger partial charge in [-0.3, -0.25) is 4.90 Å². The summed E-state index contributed by atoms with van der Waals surface area (Å²) in [6.07, 6.45) is -1.37. The van der Waals surface area contributed by atoms with Gasteiger partial charge in [-0.25, -0.2) is 22.6 Å². The number of hydrogen-bond donors (Lipinski definition) is 1. The van der Waals surface area contributed by atoms with Crippen LogP contribution in [0.4, 0.5) is 15.0 Å². The summed E-state index contributed by atoms with van der Waals surface area (Å²) >= 11 is 7.21. The Balaban J connectivity index is 1.51. The second kappa shape index (κ2) is 9.64. The van der Waals surface area contributed by atoms with Gasteiger partial charge in [-0.05, 0) is 18.1 Å². The van der Waals surface area contributed by atoms with Crippen LogP contribution in [0.15, 0.2) is 58.3 Å². The molecule has 0 unspecified atom stereocenters. The predicted octanol–water partition coefficient (Wildman–Crippen LogP) is 4.46. The van der Waals surface area contributed by atoms with Crippen LogP contribution in [-0.2, 0) is 16.6 Å². The molecule has 0 spiro atoms. The Morgan fingerprint density at radius 3 is 2.76 bits per heavy atom. The average Bonchev–Trinajstić information content (AvgIpc) is 3.43. The zero-order chi connectivity index (χ0) is 23.6. The molecule has 0 saturated carbocycles. The van der Waals surface area contributed by atoms with E-state index < -0.39 is 26.8 Å².